The Morgan fingerprint density at radius 1 is 1.18 bits per heavy atom. The van der Waals surface area contributed by atoms with E-state index in [-0.39, 0.29) is 34.7 Å². The largest absolute Gasteiger partial charge is 0.299 e. The van der Waals surface area contributed by atoms with Gasteiger partial charge in [-0.1, -0.05) is 42.6 Å². The Balaban J connectivity index is 1.69. The lowest BCUT2D eigenvalue weighted by Crippen LogP contribution is -2.56. The number of ketones is 3. The summed E-state index contributed by atoms with van der Waals surface area (Å²) >= 11 is 11.9. The lowest BCUT2D eigenvalue weighted by molar-refractivity contribution is -0.148. The molecule has 0 heterocycles. The van der Waals surface area contributed by atoms with Crippen LogP contribution in [0.1, 0.15) is 58.8 Å². The number of hydrogen-bond donors (Lipinski definition) is 0. The summed E-state index contributed by atoms with van der Waals surface area (Å²) < 4.78 is -2.04. The molecule has 28 heavy (non-hydrogen) atoms. The quantitative estimate of drug-likeness (QED) is 0.385. The molecule has 0 aliphatic heterocycles. The molecule has 0 amide bonds. The van der Waals surface area contributed by atoms with Crippen molar-refractivity contribution in [2.75, 3.05) is 0 Å². The number of hydrogen-bond acceptors (Lipinski definition) is 4. The number of alkyl halides is 2. The number of rotatable bonds is 3. The van der Waals surface area contributed by atoms with Crippen LogP contribution in [0.2, 0.25) is 0 Å². The van der Waals surface area contributed by atoms with E-state index in [0.29, 0.717) is 25.5 Å². The zero-order chi connectivity index (χ0) is 20.5. The number of halogens is 2. The lowest BCUT2D eigenvalue weighted by Gasteiger charge is -2.57. The minimum atomic E-state index is -2.04. The van der Waals surface area contributed by atoms with Crippen LogP contribution in [0.15, 0.2) is 11.6 Å². The Morgan fingerprint density at radius 2 is 1.89 bits per heavy atom. The lowest BCUT2D eigenvalue weighted by atomic mass is 9.46. The van der Waals surface area contributed by atoms with Crippen LogP contribution < -0.4 is 0 Å². The van der Waals surface area contributed by atoms with E-state index in [1.54, 1.807) is 6.08 Å². The summed E-state index contributed by atoms with van der Waals surface area (Å²) in [5.41, 5.74) is 0.382. The number of allylic oxidation sites excluding steroid dienone is 1. The first-order valence-corrected chi connectivity index (χ1v) is 11.0. The molecule has 0 radical (unpaired) electrons. The number of aldehydes is 1. The van der Waals surface area contributed by atoms with E-state index < -0.39 is 21.4 Å². The molecule has 6 atom stereocenters. The van der Waals surface area contributed by atoms with Gasteiger partial charge in [-0.3, -0.25) is 19.2 Å². The molecular formula is C22H26Cl2O4. The molecule has 152 valence electrons. The molecule has 4 aliphatic rings. The molecule has 0 aromatic heterocycles. The van der Waals surface area contributed by atoms with Crippen molar-refractivity contribution in [3.8, 4) is 0 Å². The third-order valence-corrected chi connectivity index (χ3v) is 8.99. The summed E-state index contributed by atoms with van der Waals surface area (Å²) in [7, 11) is 0. The molecule has 0 aromatic rings. The first-order chi connectivity index (χ1) is 13.0. The Hall–Kier alpha value is -1.00. The molecule has 3 saturated carbocycles. The van der Waals surface area contributed by atoms with Crippen LogP contribution in [0.4, 0.5) is 0 Å². The van der Waals surface area contributed by atoms with Crippen molar-refractivity contribution < 1.29 is 19.2 Å². The highest BCUT2D eigenvalue weighted by atomic mass is 35.5. The molecular weight excluding hydrogens is 399 g/mol. The van der Waals surface area contributed by atoms with Gasteiger partial charge in [-0.25, -0.2) is 0 Å². The first kappa shape index (κ1) is 20.3. The van der Waals surface area contributed by atoms with E-state index in [9.17, 15) is 19.2 Å². The van der Waals surface area contributed by atoms with E-state index in [1.165, 1.54) is 0 Å². The minimum Gasteiger partial charge on any atom is -0.299 e. The third kappa shape index (κ3) is 2.70. The van der Waals surface area contributed by atoms with Gasteiger partial charge in [-0.2, -0.15) is 0 Å². The van der Waals surface area contributed by atoms with Crippen LogP contribution in [0, 0.1) is 34.5 Å². The highest BCUT2D eigenvalue weighted by Crippen LogP contribution is 2.66. The van der Waals surface area contributed by atoms with Gasteiger partial charge >= 0.3 is 0 Å². The monoisotopic (exact) mass is 424 g/mol. The molecule has 4 nitrogen and oxygen atoms in total. The van der Waals surface area contributed by atoms with E-state index in [1.807, 2.05) is 6.92 Å². The SMILES string of the molecule is C[C@]12CC(=O)[C@H]3[C@@H](CCC4=CC(=O)CC[C@@]43C)[C@@H]1CC[C@@H]2C(=O)C(Cl)(Cl)C=O. The van der Waals surface area contributed by atoms with Crippen LogP contribution in [-0.4, -0.2) is 28.0 Å². The average Bonchev–Trinajstić information content (AvgIpc) is 2.97. The fourth-order valence-electron chi connectivity index (χ4n) is 7.10. The smallest absolute Gasteiger partial charge is 0.230 e. The Kier molecular flexibility index (Phi) is 4.71. The van der Waals surface area contributed by atoms with Gasteiger partial charge in [0.2, 0.25) is 4.33 Å². The van der Waals surface area contributed by atoms with Gasteiger partial charge in [-0.15, -0.1) is 0 Å². The van der Waals surface area contributed by atoms with E-state index in [4.69, 9.17) is 23.2 Å². The molecule has 4 rings (SSSR count). The fraction of sp³-hybridized carbons (Fsp3) is 0.727. The number of carbonyl (C=O) groups is 4. The van der Waals surface area contributed by atoms with Crippen LogP contribution >= 0.6 is 23.2 Å². The molecule has 0 aromatic carbocycles. The van der Waals surface area contributed by atoms with Crippen molar-refractivity contribution in [2.24, 2.45) is 34.5 Å². The Morgan fingerprint density at radius 3 is 2.57 bits per heavy atom. The molecule has 0 bridgehead atoms. The number of fused-ring (bicyclic) bond motifs is 5. The summed E-state index contributed by atoms with van der Waals surface area (Å²) in [5, 5.41) is 0. The normalized spacial score (nSPS) is 42.9. The molecule has 0 saturated heterocycles. The van der Waals surface area contributed by atoms with Crippen molar-refractivity contribution in [2.45, 2.75) is 63.1 Å². The van der Waals surface area contributed by atoms with Gasteiger partial charge < -0.3 is 0 Å². The second-order valence-corrected chi connectivity index (χ2v) is 11.1. The van der Waals surface area contributed by atoms with Gasteiger partial charge in [0, 0.05) is 24.7 Å². The van der Waals surface area contributed by atoms with Crippen molar-refractivity contribution in [1.29, 1.82) is 0 Å². The fourth-order valence-corrected chi connectivity index (χ4v) is 7.37. The predicted octanol–water partition coefficient (Wildman–Crippen LogP) is 4.26. The van der Waals surface area contributed by atoms with Crippen molar-refractivity contribution in [3.05, 3.63) is 11.6 Å². The zero-order valence-electron chi connectivity index (χ0n) is 16.3. The van der Waals surface area contributed by atoms with Crippen molar-refractivity contribution in [3.63, 3.8) is 0 Å². The zero-order valence-corrected chi connectivity index (χ0v) is 17.8. The predicted molar refractivity (Wildman–Crippen MR) is 106 cm³/mol. The summed E-state index contributed by atoms with van der Waals surface area (Å²) in [6, 6.07) is 0. The third-order valence-electron chi connectivity index (χ3n) is 8.44. The summed E-state index contributed by atoms with van der Waals surface area (Å²) in [6.07, 6.45) is 6.78. The maximum Gasteiger partial charge on any atom is 0.230 e. The average molecular weight is 425 g/mol. The van der Waals surface area contributed by atoms with Crippen LogP contribution in [0.5, 0.6) is 0 Å². The summed E-state index contributed by atoms with van der Waals surface area (Å²) in [4.78, 5) is 49.5. The van der Waals surface area contributed by atoms with Gasteiger partial charge in [-0.05, 0) is 60.8 Å². The van der Waals surface area contributed by atoms with Crippen LogP contribution in [0.25, 0.3) is 0 Å². The van der Waals surface area contributed by atoms with Crippen molar-refractivity contribution in [1.82, 2.24) is 0 Å². The molecule has 3 fully saturated rings. The number of Topliss-reactive ketones (excluding diaryl/α,β-unsaturated/α-hetero) is 2. The topological polar surface area (TPSA) is 68.3 Å². The molecule has 6 heteroatoms. The van der Waals surface area contributed by atoms with E-state index in [2.05, 4.69) is 6.92 Å². The number of carbonyl (C=O) groups excluding carboxylic acids is 4. The molecule has 0 N–H and O–H groups in total. The van der Waals surface area contributed by atoms with Crippen molar-refractivity contribution >= 4 is 46.8 Å². The molecule has 0 spiro atoms. The van der Waals surface area contributed by atoms with Crippen LogP contribution in [0.3, 0.4) is 0 Å². The van der Waals surface area contributed by atoms with Gasteiger partial charge in [0.15, 0.2) is 17.9 Å². The van der Waals surface area contributed by atoms with Gasteiger partial charge in [0.05, 0.1) is 0 Å². The maximum absolute atomic E-state index is 13.4. The maximum atomic E-state index is 13.4. The van der Waals surface area contributed by atoms with E-state index in [0.717, 1.165) is 31.3 Å². The second-order valence-electron chi connectivity index (χ2n) is 9.72. The molecule has 0 unspecified atom stereocenters. The molecule has 4 aliphatic carbocycles. The standard InChI is InChI=1S/C22H26Cl2O4/c1-20-8-7-13(26)9-12(20)3-4-14-15-5-6-16(19(28)22(23,24)11-25)21(15,2)10-17(27)18(14)20/h9,11,14-16,18H,3-8,10H2,1-2H3/t14-,15-,16+,18+,20-,21-/m0/s1. The highest BCUT2D eigenvalue weighted by molar-refractivity contribution is 6.65. The Labute approximate surface area is 175 Å². The second kappa shape index (κ2) is 6.50. The van der Waals surface area contributed by atoms with Gasteiger partial charge in [0.1, 0.15) is 5.78 Å². The summed E-state index contributed by atoms with van der Waals surface area (Å²) in [6.45, 7) is 4.16. The first-order valence-electron chi connectivity index (χ1n) is 10.2. The highest BCUT2D eigenvalue weighted by Gasteiger charge is 2.64. The van der Waals surface area contributed by atoms with E-state index >= 15 is 0 Å². The Bertz CT molecular complexity index is 800. The minimum absolute atomic E-state index is 0.0876. The van der Waals surface area contributed by atoms with Gasteiger partial charge in [0.25, 0.3) is 0 Å². The van der Waals surface area contributed by atoms with Crippen LogP contribution in [-0.2, 0) is 19.2 Å². The summed E-state index contributed by atoms with van der Waals surface area (Å²) in [5.74, 6) is -0.234.